The monoisotopic (exact) mass is 259 g/mol. The van der Waals surface area contributed by atoms with Gasteiger partial charge in [0.05, 0.1) is 6.54 Å². The molecule has 2 rings (SSSR count). The fraction of sp³-hybridized carbons (Fsp3) is 0.400. The van der Waals surface area contributed by atoms with Crippen LogP contribution in [-0.4, -0.2) is 35.4 Å². The largest absolute Gasteiger partial charge is 0.361 e. The maximum absolute atomic E-state index is 11.9. The van der Waals surface area contributed by atoms with Gasteiger partial charge in [0.15, 0.2) is 0 Å². The highest BCUT2D eigenvalue weighted by atomic mass is 16.2. The van der Waals surface area contributed by atoms with Crippen molar-refractivity contribution in [2.45, 2.75) is 20.4 Å². The van der Waals surface area contributed by atoms with Crippen LogP contribution in [0.3, 0.4) is 0 Å². The van der Waals surface area contributed by atoms with Crippen LogP contribution in [0.25, 0.3) is 10.9 Å². The lowest BCUT2D eigenvalue weighted by molar-refractivity contribution is -0.129. The van der Waals surface area contributed by atoms with E-state index >= 15 is 0 Å². The number of rotatable bonds is 6. The maximum atomic E-state index is 11.9. The lowest BCUT2D eigenvalue weighted by atomic mass is 10.1. The van der Waals surface area contributed by atoms with E-state index in [9.17, 15) is 4.79 Å². The van der Waals surface area contributed by atoms with Gasteiger partial charge in [-0.1, -0.05) is 12.1 Å². The van der Waals surface area contributed by atoms with Crippen molar-refractivity contribution in [3.05, 3.63) is 36.0 Å². The van der Waals surface area contributed by atoms with Gasteiger partial charge in [-0.3, -0.25) is 4.79 Å². The van der Waals surface area contributed by atoms with E-state index in [1.807, 2.05) is 31.0 Å². The Hall–Kier alpha value is -1.81. The average Bonchev–Trinajstić information content (AvgIpc) is 2.89. The van der Waals surface area contributed by atoms with Gasteiger partial charge in [0.25, 0.3) is 0 Å². The summed E-state index contributed by atoms with van der Waals surface area (Å²) >= 11 is 0. The summed E-state index contributed by atoms with van der Waals surface area (Å²) in [5.41, 5.74) is 2.35. The second-order valence-electron chi connectivity index (χ2n) is 4.53. The van der Waals surface area contributed by atoms with Crippen molar-refractivity contribution in [2.75, 3.05) is 19.6 Å². The number of likely N-dealkylation sites (N-methyl/N-ethyl adjacent to an activating group) is 1. The summed E-state index contributed by atoms with van der Waals surface area (Å²) in [4.78, 5) is 16.9. The van der Waals surface area contributed by atoms with Crippen LogP contribution in [0.5, 0.6) is 0 Å². The molecule has 4 heteroatoms. The third kappa shape index (κ3) is 3.15. The number of nitrogens with zero attached hydrogens (tertiary/aromatic N) is 1. The van der Waals surface area contributed by atoms with Crippen LogP contribution in [0.15, 0.2) is 30.5 Å². The summed E-state index contributed by atoms with van der Waals surface area (Å²) in [6.07, 6.45) is 1.94. The Labute approximate surface area is 113 Å². The topological polar surface area (TPSA) is 48.1 Å². The van der Waals surface area contributed by atoms with Crippen LogP contribution in [0, 0.1) is 0 Å². The van der Waals surface area contributed by atoms with Crippen LogP contribution >= 0.6 is 0 Å². The molecule has 0 aliphatic rings. The summed E-state index contributed by atoms with van der Waals surface area (Å²) in [5.74, 6) is 0.159. The number of carbonyl (C=O) groups excluding carboxylic acids is 1. The minimum Gasteiger partial charge on any atom is -0.361 e. The fourth-order valence-corrected chi connectivity index (χ4v) is 2.30. The molecule has 0 atom stereocenters. The molecule has 0 saturated carbocycles. The SMILES string of the molecule is CCN(CC)C(=O)CNCc1cccc2[nH]ccc12. The molecule has 0 saturated heterocycles. The van der Waals surface area contributed by atoms with Crippen molar-refractivity contribution in [2.24, 2.45) is 0 Å². The lowest BCUT2D eigenvalue weighted by Gasteiger charge is -2.18. The molecule has 0 fully saturated rings. The highest BCUT2D eigenvalue weighted by Crippen LogP contribution is 2.16. The van der Waals surface area contributed by atoms with Crippen LogP contribution in [0.1, 0.15) is 19.4 Å². The number of fused-ring (bicyclic) bond motifs is 1. The van der Waals surface area contributed by atoms with E-state index in [-0.39, 0.29) is 5.91 Å². The van der Waals surface area contributed by atoms with E-state index in [1.165, 1.54) is 10.9 Å². The molecule has 0 aliphatic heterocycles. The second kappa shape index (κ2) is 6.38. The predicted molar refractivity (Wildman–Crippen MR) is 77.9 cm³/mol. The lowest BCUT2D eigenvalue weighted by Crippen LogP contribution is -2.37. The van der Waals surface area contributed by atoms with Crippen LogP contribution in [0.2, 0.25) is 0 Å². The van der Waals surface area contributed by atoms with Gasteiger partial charge in [0, 0.05) is 36.7 Å². The Balaban J connectivity index is 1.92. The highest BCUT2D eigenvalue weighted by Gasteiger charge is 2.08. The van der Waals surface area contributed by atoms with E-state index in [0.717, 1.165) is 18.6 Å². The summed E-state index contributed by atoms with van der Waals surface area (Å²) in [6.45, 7) is 6.64. The summed E-state index contributed by atoms with van der Waals surface area (Å²) in [6, 6.07) is 8.24. The molecule has 2 aromatic rings. The molecule has 1 heterocycles. The number of hydrogen-bond donors (Lipinski definition) is 2. The number of carbonyl (C=O) groups is 1. The zero-order valence-corrected chi connectivity index (χ0v) is 11.6. The summed E-state index contributed by atoms with van der Waals surface area (Å²) in [5, 5.41) is 4.44. The van der Waals surface area contributed by atoms with Gasteiger partial charge in [-0.05, 0) is 31.5 Å². The van der Waals surface area contributed by atoms with Gasteiger partial charge in [0.2, 0.25) is 5.91 Å². The number of aromatic nitrogens is 1. The Bertz CT molecular complexity index is 543. The van der Waals surface area contributed by atoms with E-state index in [2.05, 4.69) is 28.5 Å². The average molecular weight is 259 g/mol. The van der Waals surface area contributed by atoms with Gasteiger partial charge in [-0.25, -0.2) is 0 Å². The first-order valence-electron chi connectivity index (χ1n) is 6.79. The predicted octanol–water partition coefficient (Wildman–Crippen LogP) is 2.13. The maximum Gasteiger partial charge on any atom is 0.236 e. The van der Waals surface area contributed by atoms with Gasteiger partial charge < -0.3 is 15.2 Å². The minimum absolute atomic E-state index is 0.159. The third-order valence-corrected chi connectivity index (χ3v) is 3.39. The Morgan fingerprint density at radius 1 is 1.26 bits per heavy atom. The number of benzene rings is 1. The molecule has 4 nitrogen and oxygen atoms in total. The van der Waals surface area contributed by atoms with Crippen LogP contribution in [0.4, 0.5) is 0 Å². The van der Waals surface area contributed by atoms with Gasteiger partial charge in [0.1, 0.15) is 0 Å². The van der Waals surface area contributed by atoms with Crippen molar-refractivity contribution >= 4 is 16.8 Å². The Kier molecular flexibility index (Phi) is 4.58. The summed E-state index contributed by atoms with van der Waals surface area (Å²) < 4.78 is 0. The first kappa shape index (κ1) is 13.6. The van der Waals surface area contributed by atoms with Crippen molar-refractivity contribution in [3.8, 4) is 0 Å². The number of aromatic amines is 1. The quantitative estimate of drug-likeness (QED) is 0.835. The van der Waals surface area contributed by atoms with Crippen molar-refractivity contribution in [1.82, 2.24) is 15.2 Å². The molecule has 0 aliphatic carbocycles. The molecule has 102 valence electrons. The van der Waals surface area contributed by atoms with Crippen LogP contribution in [-0.2, 0) is 11.3 Å². The normalized spacial score (nSPS) is 10.8. The van der Waals surface area contributed by atoms with E-state index in [0.29, 0.717) is 13.1 Å². The molecule has 1 aromatic heterocycles. The standard InChI is InChI=1S/C15H21N3O/c1-3-18(4-2)15(19)11-16-10-12-6-5-7-14-13(12)8-9-17-14/h5-9,16-17H,3-4,10-11H2,1-2H3. The van der Waals surface area contributed by atoms with Gasteiger partial charge in [-0.15, -0.1) is 0 Å². The zero-order chi connectivity index (χ0) is 13.7. The molecule has 1 aromatic carbocycles. The van der Waals surface area contributed by atoms with Gasteiger partial charge in [-0.2, -0.15) is 0 Å². The summed E-state index contributed by atoms with van der Waals surface area (Å²) in [7, 11) is 0. The molecule has 0 bridgehead atoms. The molecule has 0 unspecified atom stereocenters. The molecule has 0 spiro atoms. The first-order valence-corrected chi connectivity index (χ1v) is 6.79. The van der Waals surface area contributed by atoms with Crippen molar-refractivity contribution in [3.63, 3.8) is 0 Å². The molecule has 2 N–H and O–H groups in total. The first-order chi connectivity index (χ1) is 9.26. The Morgan fingerprint density at radius 3 is 2.79 bits per heavy atom. The molecule has 19 heavy (non-hydrogen) atoms. The number of amides is 1. The van der Waals surface area contributed by atoms with Crippen molar-refractivity contribution < 1.29 is 4.79 Å². The second-order valence-corrected chi connectivity index (χ2v) is 4.53. The molecule has 0 radical (unpaired) electrons. The van der Waals surface area contributed by atoms with Crippen LogP contribution < -0.4 is 5.32 Å². The number of H-pyrrole nitrogens is 1. The number of nitrogens with one attached hydrogen (secondary N) is 2. The van der Waals surface area contributed by atoms with E-state index in [1.54, 1.807) is 0 Å². The third-order valence-electron chi connectivity index (χ3n) is 3.39. The molecule has 1 amide bonds. The zero-order valence-electron chi connectivity index (χ0n) is 11.6. The van der Waals surface area contributed by atoms with Crippen molar-refractivity contribution in [1.29, 1.82) is 0 Å². The minimum atomic E-state index is 0.159. The fourth-order valence-electron chi connectivity index (χ4n) is 2.30. The highest BCUT2D eigenvalue weighted by molar-refractivity contribution is 5.83. The number of hydrogen-bond acceptors (Lipinski definition) is 2. The smallest absolute Gasteiger partial charge is 0.236 e. The molecular weight excluding hydrogens is 238 g/mol. The van der Waals surface area contributed by atoms with Gasteiger partial charge >= 0.3 is 0 Å². The Morgan fingerprint density at radius 2 is 2.05 bits per heavy atom. The van der Waals surface area contributed by atoms with E-state index in [4.69, 9.17) is 0 Å². The molecular formula is C15H21N3O. The van der Waals surface area contributed by atoms with E-state index < -0.39 is 0 Å².